The standard InChI is InChI=1S/C14H19NO4/c1-8-5-11(6-9(2)18-8)19-13-7-10(15)3-4-12(13)14(16)17/h3-4,7-9,11H,5-6,15H2,1-2H3,(H,16,17). The number of rotatable bonds is 3. The van der Waals surface area contributed by atoms with Crippen LogP contribution in [0.2, 0.25) is 0 Å². The van der Waals surface area contributed by atoms with Crippen LogP contribution in [-0.4, -0.2) is 29.4 Å². The van der Waals surface area contributed by atoms with Crippen molar-refractivity contribution in [1.29, 1.82) is 0 Å². The summed E-state index contributed by atoms with van der Waals surface area (Å²) in [4.78, 5) is 11.2. The maximum Gasteiger partial charge on any atom is 0.339 e. The monoisotopic (exact) mass is 265 g/mol. The van der Waals surface area contributed by atoms with E-state index in [2.05, 4.69) is 0 Å². The Morgan fingerprint density at radius 1 is 1.37 bits per heavy atom. The van der Waals surface area contributed by atoms with E-state index >= 15 is 0 Å². The van der Waals surface area contributed by atoms with Gasteiger partial charge in [-0.3, -0.25) is 0 Å². The summed E-state index contributed by atoms with van der Waals surface area (Å²) in [5.74, 6) is -0.679. The minimum atomic E-state index is -1.01. The van der Waals surface area contributed by atoms with Crippen molar-refractivity contribution in [2.24, 2.45) is 0 Å². The Bertz CT molecular complexity index is 465. The predicted octanol–water partition coefficient (Wildman–Crippen LogP) is 2.30. The first-order valence-corrected chi connectivity index (χ1v) is 6.40. The third kappa shape index (κ3) is 3.38. The van der Waals surface area contributed by atoms with Crippen molar-refractivity contribution >= 4 is 11.7 Å². The lowest BCUT2D eigenvalue weighted by molar-refractivity contribution is -0.0722. The molecule has 1 heterocycles. The van der Waals surface area contributed by atoms with Crippen molar-refractivity contribution in [2.75, 3.05) is 5.73 Å². The number of carboxylic acid groups (broad SMARTS) is 1. The highest BCUT2D eigenvalue weighted by Crippen LogP contribution is 2.28. The molecule has 104 valence electrons. The number of nitrogen functional groups attached to an aromatic ring is 1. The molecule has 1 saturated heterocycles. The maximum absolute atomic E-state index is 11.2. The van der Waals surface area contributed by atoms with Gasteiger partial charge < -0.3 is 20.3 Å². The van der Waals surface area contributed by atoms with Crippen LogP contribution in [0, 0.1) is 0 Å². The first-order chi connectivity index (χ1) is 8.95. The molecule has 1 aliphatic rings. The molecule has 1 aromatic rings. The van der Waals surface area contributed by atoms with Crippen LogP contribution < -0.4 is 10.5 Å². The molecule has 1 aromatic carbocycles. The zero-order chi connectivity index (χ0) is 14.0. The number of nitrogens with two attached hydrogens (primary N) is 1. The number of carbonyl (C=O) groups is 1. The lowest BCUT2D eigenvalue weighted by atomic mass is 10.0. The van der Waals surface area contributed by atoms with Crippen molar-refractivity contribution in [2.45, 2.75) is 45.0 Å². The molecule has 0 saturated carbocycles. The second kappa shape index (κ2) is 5.48. The van der Waals surface area contributed by atoms with Gasteiger partial charge >= 0.3 is 5.97 Å². The van der Waals surface area contributed by atoms with Gasteiger partial charge in [-0.15, -0.1) is 0 Å². The van der Waals surface area contributed by atoms with Gasteiger partial charge in [0, 0.05) is 24.6 Å². The average Bonchev–Trinajstić information content (AvgIpc) is 2.26. The fourth-order valence-electron chi connectivity index (χ4n) is 2.43. The zero-order valence-corrected chi connectivity index (χ0v) is 11.1. The number of anilines is 1. The molecule has 1 fully saturated rings. The Hall–Kier alpha value is -1.75. The Morgan fingerprint density at radius 2 is 2.00 bits per heavy atom. The molecule has 2 unspecified atom stereocenters. The largest absolute Gasteiger partial charge is 0.489 e. The number of benzene rings is 1. The van der Waals surface area contributed by atoms with E-state index in [-0.39, 0.29) is 23.9 Å². The molecule has 2 atom stereocenters. The Balaban J connectivity index is 2.18. The highest BCUT2D eigenvalue weighted by molar-refractivity contribution is 5.91. The van der Waals surface area contributed by atoms with Crippen molar-refractivity contribution in [3.05, 3.63) is 23.8 Å². The molecule has 1 aliphatic heterocycles. The van der Waals surface area contributed by atoms with Crippen LogP contribution >= 0.6 is 0 Å². The third-order valence-electron chi connectivity index (χ3n) is 3.18. The van der Waals surface area contributed by atoms with Crippen LogP contribution in [0.1, 0.15) is 37.0 Å². The van der Waals surface area contributed by atoms with Crippen LogP contribution in [0.4, 0.5) is 5.69 Å². The van der Waals surface area contributed by atoms with Gasteiger partial charge in [-0.1, -0.05) is 0 Å². The summed E-state index contributed by atoms with van der Waals surface area (Å²) >= 11 is 0. The van der Waals surface area contributed by atoms with E-state index in [4.69, 9.17) is 20.3 Å². The molecule has 0 aromatic heterocycles. The average molecular weight is 265 g/mol. The summed E-state index contributed by atoms with van der Waals surface area (Å²) in [6.45, 7) is 3.98. The maximum atomic E-state index is 11.2. The molecule has 3 N–H and O–H groups in total. The van der Waals surface area contributed by atoms with E-state index in [1.807, 2.05) is 13.8 Å². The second-order valence-electron chi connectivity index (χ2n) is 5.03. The van der Waals surface area contributed by atoms with Gasteiger partial charge in [-0.2, -0.15) is 0 Å². The molecule has 2 rings (SSSR count). The minimum Gasteiger partial charge on any atom is -0.489 e. The highest BCUT2D eigenvalue weighted by atomic mass is 16.5. The first-order valence-electron chi connectivity index (χ1n) is 6.40. The first kappa shape index (κ1) is 13.7. The number of hydrogen-bond acceptors (Lipinski definition) is 4. The molecule has 0 amide bonds. The van der Waals surface area contributed by atoms with Crippen molar-refractivity contribution in [1.82, 2.24) is 0 Å². The Kier molecular flexibility index (Phi) is 3.95. The summed E-state index contributed by atoms with van der Waals surface area (Å²) in [5.41, 5.74) is 6.32. The van der Waals surface area contributed by atoms with Crippen molar-refractivity contribution in [3.8, 4) is 5.75 Å². The van der Waals surface area contributed by atoms with Crippen LogP contribution in [0.15, 0.2) is 18.2 Å². The lowest BCUT2D eigenvalue weighted by Crippen LogP contribution is -2.36. The van der Waals surface area contributed by atoms with Crippen molar-refractivity contribution < 1.29 is 19.4 Å². The van der Waals surface area contributed by atoms with E-state index < -0.39 is 5.97 Å². The van der Waals surface area contributed by atoms with Gasteiger partial charge in [-0.05, 0) is 26.0 Å². The quantitative estimate of drug-likeness (QED) is 0.819. The van der Waals surface area contributed by atoms with Gasteiger partial charge in [0.25, 0.3) is 0 Å². The highest BCUT2D eigenvalue weighted by Gasteiger charge is 2.27. The number of aromatic carboxylic acids is 1. The third-order valence-corrected chi connectivity index (χ3v) is 3.18. The van der Waals surface area contributed by atoms with Gasteiger partial charge in [0.15, 0.2) is 0 Å². The fraction of sp³-hybridized carbons (Fsp3) is 0.500. The molecule has 0 spiro atoms. The second-order valence-corrected chi connectivity index (χ2v) is 5.03. The van der Waals surface area contributed by atoms with Gasteiger partial charge in [0.2, 0.25) is 0 Å². The van der Waals surface area contributed by atoms with Crippen LogP contribution in [0.3, 0.4) is 0 Å². The van der Waals surface area contributed by atoms with Crippen LogP contribution in [-0.2, 0) is 4.74 Å². The summed E-state index contributed by atoms with van der Waals surface area (Å²) < 4.78 is 11.5. The van der Waals surface area contributed by atoms with E-state index in [0.29, 0.717) is 11.4 Å². The van der Waals surface area contributed by atoms with Crippen LogP contribution in [0.5, 0.6) is 5.75 Å². The number of carboxylic acids is 1. The SMILES string of the molecule is CC1CC(Oc2cc(N)ccc2C(=O)O)CC(C)O1. The summed E-state index contributed by atoms with van der Waals surface area (Å²) in [7, 11) is 0. The predicted molar refractivity (Wildman–Crippen MR) is 71.5 cm³/mol. The molecule has 19 heavy (non-hydrogen) atoms. The van der Waals surface area contributed by atoms with E-state index in [1.54, 1.807) is 12.1 Å². The Labute approximate surface area is 112 Å². The Morgan fingerprint density at radius 3 is 2.58 bits per heavy atom. The molecule has 0 aliphatic carbocycles. The summed E-state index contributed by atoms with van der Waals surface area (Å²) in [6, 6.07) is 4.60. The molecule has 5 nitrogen and oxygen atoms in total. The normalized spacial score (nSPS) is 26.9. The van der Waals surface area contributed by atoms with Gasteiger partial charge in [0.05, 0.1) is 12.2 Å². The van der Waals surface area contributed by atoms with E-state index in [0.717, 1.165) is 12.8 Å². The van der Waals surface area contributed by atoms with Crippen LogP contribution in [0.25, 0.3) is 0 Å². The molecule has 5 heteroatoms. The minimum absolute atomic E-state index is 0.0429. The summed E-state index contributed by atoms with van der Waals surface area (Å²) in [5, 5.41) is 9.14. The van der Waals surface area contributed by atoms with E-state index in [1.165, 1.54) is 6.07 Å². The smallest absolute Gasteiger partial charge is 0.339 e. The number of ether oxygens (including phenoxy) is 2. The summed E-state index contributed by atoms with van der Waals surface area (Å²) in [6.07, 6.45) is 1.68. The topological polar surface area (TPSA) is 81.8 Å². The molecule has 0 radical (unpaired) electrons. The molecular weight excluding hydrogens is 246 g/mol. The van der Waals surface area contributed by atoms with Gasteiger partial charge in [0.1, 0.15) is 17.4 Å². The van der Waals surface area contributed by atoms with E-state index in [9.17, 15) is 4.79 Å². The van der Waals surface area contributed by atoms with Gasteiger partial charge in [-0.25, -0.2) is 4.79 Å². The number of hydrogen-bond donors (Lipinski definition) is 2. The zero-order valence-electron chi connectivity index (χ0n) is 11.1. The fourth-order valence-corrected chi connectivity index (χ4v) is 2.43. The van der Waals surface area contributed by atoms with Crippen molar-refractivity contribution in [3.63, 3.8) is 0 Å². The molecular formula is C14H19NO4. The molecule has 0 bridgehead atoms. The lowest BCUT2D eigenvalue weighted by Gasteiger charge is -2.32.